The Morgan fingerprint density at radius 1 is 1.28 bits per heavy atom. The summed E-state index contributed by atoms with van der Waals surface area (Å²) < 4.78 is 2.19. The Morgan fingerprint density at radius 3 is 2.83 bits per heavy atom. The Bertz CT molecular complexity index is 542. The smallest absolute Gasteiger partial charge is 0.224 e. The highest BCUT2D eigenvalue weighted by atomic mass is 16.1. The minimum absolute atomic E-state index is 0.103. The summed E-state index contributed by atoms with van der Waals surface area (Å²) in [7, 11) is 0. The van der Waals surface area contributed by atoms with Gasteiger partial charge in [0.25, 0.3) is 0 Å². The fourth-order valence-corrected chi connectivity index (χ4v) is 2.11. The molecule has 96 valence electrons. The van der Waals surface area contributed by atoms with E-state index < -0.39 is 0 Å². The first-order chi connectivity index (χ1) is 8.74. The second-order valence-electron chi connectivity index (χ2n) is 4.53. The summed E-state index contributed by atoms with van der Waals surface area (Å²) in [5.41, 5.74) is 2.10. The van der Waals surface area contributed by atoms with Gasteiger partial charge in [-0.1, -0.05) is 13.3 Å². The monoisotopic (exact) mass is 244 g/mol. The summed E-state index contributed by atoms with van der Waals surface area (Å²) in [4.78, 5) is 11.7. The van der Waals surface area contributed by atoms with Crippen LogP contribution in [0, 0.1) is 0 Å². The molecule has 18 heavy (non-hydrogen) atoms. The van der Waals surface area contributed by atoms with Crippen LogP contribution in [0.25, 0.3) is 10.9 Å². The van der Waals surface area contributed by atoms with Gasteiger partial charge in [-0.25, -0.2) is 0 Å². The zero-order valence-corrected chi connectivity index (χ0v) is 11.1. The second-order valence-corrected chi connectivity index (χ2v) is 4.53. The molecule has 1 amide bonds. The number of fused-ring (bicyclic) bond motifs is 1. The molecule has 2 aromatic rings. The molecule has 1 aromatic carbocycles. The fraction of sp³-hybridized carbons (Fsp3) is 0.400. The van der Waals surface area contributed by atoms with Crippen molar-refractivity contribution in [3.63, 3.8) is 0 Å². The van der Waals surface area contributed by atoms with Crippen LogP contribution in [0.2, 0.25) is 0 Å². The van der Waals surface area contributed by atoms with Crippen LogP contribution in [-0.2, 0) is 11.3 Å². The van der Waals surface area contributed by atoms with E-state index in [1.54, 1.807) is 0 Å². The van der Waals surface area contributed by atoms with Gasteiger partial charge in [-0.15, -0.1) is 0 Å². The van der Waals surface area contributed by atoms with Crippen molar-refractivity contribution in [2.45, 2.75) is 39.7 Å². The topological polar surface area (TPSA) is 34.0 Å². The summed E-state index contributed by atoms with van der Waals surface area (Å²) in [6.07, 6.45) is 4.67. The maximum absolute atomic E-state index is 11.7. The van der Waals surface area contributed by atoms with Crippen LogP contribution in [0.5, 0.6) is 0 Å². The average molecular weight is 244 g/mol. The van der Waals surface area contributed by atoms with E-state index in [2.05, 4.69) is 42.1 Å². The van der Waals surface area contributed by atoms with Gasteiger partial charge in [0.1, 0.15) is 0 Å². The Labute approximate surface area is 108 Å². The highest BCUT2D eigenvalue weighted by Crippen LogP contribution is 2.20. The summed E-state index contributed by atoms with van der Waals surface area (Å²) in [5, 5.41) is 4.12. The largest absolute Gasteiger partial charge is 0.348 e. The minimum Gasteiger partial charge on any atom is -0.348 e. The van der Waals surface area contributed by atoms with Crippen LogP contribution in [0.15, 0.2) is 30.5 Å². The summed E-state index contributed by atoms with van der Waals surface area (Å²) in [6.45, 7) is 5.18. The number of hydrogen-bond donors (Lipinski definition) is 1. The molecule has 3 heteroatoms. The summed E-state index contributed by atoms with van der Waals surface area (Å²) >= 11 is 0. The van der Waals surface area contributed by atoms with Crippen molar-refractivity contribution in [3.8, 4) is 0 Å². The van der Waals surface area contributed by atoms with Gasteiger partial charge in [-0.3, -0.25) is 4.79 Å². The molecule has 0 unspecified atom stereocenters. The molecule has 0 aliphatic carbocycles. The lowest BCUT2D eigenvalue weighted by Gasteiger charge is -2.06. The van der Waals surface area contributed by atoms with Crippen molar-refractivity contribution in [3.05, 3.63) is 30.5 Å². The normalized spacial score (nSPS) is 10.8. The molecule has 3 nitrogen and oxygen atoms in total. The van der Waals surface area contributed by atoms with Crippen molar-refractivity contribution >= 4 is 22.5 Å². The van der Waals surface area contributed by atoms with E-state index in [4.69, 9.17) is 0 Å². The number of nitrogens with zero attached hydrogens (tertiary/aromatic N) is 1. The van der Waals surface area contributed by atoms with Crippen molar-refractivity contribution in [2.75, 3.05) is 5.32 Å². The first kappa shape index (κ1) is 12.7. The maximum Gasteiger partial charge on any atom is 0.224 e. The number of rotatable bonds is 5. The van der Waals surface area contributed by atoms with Gasteiger partial charge in [0.2, 0.25) is 5.91 Å². The number of amides is 1. The molecule has 1 N–H and O–H groups in total. The quantitative estimate of drug-likeness (QED) is 0.853. The molecular formula is C15H20N2O. The Hall–Kier alpha value is -1.77. The third-order valence-corrected chi connectivity index (χ3v) is 3.15. The SMILES string of the molecule is CCCCC(=O)Nc1ccc2c(ccn2CC)c1. The predicted octanol–water partition coefficient (Wildman–Crippen LogP) is 3.79. The van der Waals surface area contributed by atoms with Crippen LogP contribution in [0.4, 0.5) is 5.69 Å². The van der Waals surface area contributed by atoms with Crippen molar-refractivity contribution in [2.24, 2.45) is 0 Å². The molecule has 2 rings (SSSR count). The molecule has 0 aliphatic rings. The van der Waals surface area contributed by atoms with Crippen LogP contribution >= 0.6 is 0 Å². The second kappa shape index (κ2) is 5.71. The predicted molar refractivity (Wildman–Crippen MR) is 75.8 cm³/mol. The number of hydrogen-bond acceptors (Lipinski definition) is 1. The first-order valence-electron chi connectivity index (χ1n) is 6.63. The molecule has 0 saturated heterocycles. The van der Waals surface area contributed by atoms with Gasteiger partial charge in [0.15, 0.2) is 0 Å². The number of unbranched alkanes of at least 4 members (excludes halogenated alkanes) is 1. The number of anilines is 1. The van der Waals surface area contributed by atoms with E-state index in [1.165, 1.54) is 10.9 Å². The van der Waals surface area contributed by atoms with Crippen molar-refractivity contribution in [1.82, 2.24) is 4.57 Å². The third kappa shape index (κ3) is 2.73. The van der Waals surface area contributed by atoms with Crippen LogP contribution in [-0.4, -0.2) is 10.5 Å². The molecule has 0 spiro atoms. The van der Waals surface area contributed by atoms with Gasteiger partial charge < -0.3 is 9.88 Å². The zero-order chi connectivity index (χ0) is 13.0. The van der Waals surface area contributed by atoms with E-state index in [1.807, 2.05) is 12.1 Å². The molecule has 0 aliphatic heterocycles. The van der Waals surface area contributed by atoms with Gasteiger partial charge in [-0.2, -0.15) is 0 Å². The molecule has 0 saturated carbocycles. The number of benzene rings is 1. The van der Waals surface area contributed by atoms with Gasteiger partial charge >= 0.3 is 0 Å². The lowest BCUT2D eigenvalue weighted by Crippen LogP contribution is -2.10. The molecule has 0 bridgehead atoms. The number of carbonyl (C=O) groups excluding carboxylic acids is 1. The average Bonchev–Trinajstić information content (AvgIpc) is 2.78. The molecule has 0 radical (unpaired) electrons. The lowest BCUT2D eigenvalue weighted by atomic mass is 10.2. The van der Waals surface area contributed by atoms with Gasteiger partial charge in [0, 0.05) is 35.8 Å². The standard InChI is InChI=1S/C15H20N2O/c1-3-5-6-15(18)16-13-7-8-14-12(11-13)9-10-17(14)4-2/h7-11H,3-6H2,1-2H3,(H,16,18). The zero-order valence-electron chi connectivity index (χ0n) is 11.1. The summed E-state index contributed by atoms with van der Waals surface area (Å²) in [5.74, 6) is 0.103. The summed E-state index contributed by atoms with van der Waals surface area (Å²) in [6, 6.07) is 8.15. The number of carbonyl (C=O) groups is 1. The minimum atomic E-state index is 0.103. The van der Waals surface area contributed by atoms with Crippen LogP contribution in [0.1, 0.15) is 33.1 Å². The van der Waals surface area contributed by atoms with Crippen molar-refractivity contribution < 1.29 is 4.79 Å². The molecule has 1 heterocycles. The highest BCUT2D eigenvalue weighted by Gasteiger charge is 2.04. The van der Waals surface area contributed by atoms with Gasteiger partial charge in [-0.05, 0) is 37.6 Å². The number of aryl methyl sites for hydroxylation is 1. The Balaban J connectivity index is 2.13. The van der Waals surface area contributed by atoms with E-state index in [0.717, 1.165) is 25.1 Å². The van der Waals surface area contributed by atoms with E-state index >= 15 is 0 Å². The molecule has 1 aromatic heterocycles. The van der Waals surface area contributed by atoms with Gasteiger partial charge in [0.05, 0.1) is 0 Å². The van der Waals surface area contributed by atoms with E-state index in [9.17, 15) is 4.79 Å². The Kier molecular flexibility index (Phi) is 4.03. The first-order valence-corrected chi connectivity index (χ1v) is 6.63. The maximum atomic E-state index is 11.7. The van der Waals surface area contributed by atoms with Crippen molar-refractivity contribution in [1.29, 1.82) is 0 Å². The Morgan fingerprint density at radius 2 is 2.11 bits per heavy atom. The fourth-order valence-electron chi connectivity index (χ4n) is 2.11. The number of aromatic nitrogens is 1. The highest BCUT2D eigenvalue weighted by molar-refractivity contribution is 5.93. The van der Waals surface area contributed by atoms with Crippen LogP contribution in [0.3, 0.4) is 0 Å². The molecule has 0 atom stereocenters. The van der Waals surface area contributed by atoms with Crippen LogP contribution < -0.4 is 5.32 Å². The number of nitrogens with one attached hydrogen (secondary N) is 1. The van der Waals surface area contributed by atoms with E-state index in [-0.39, 0.29) is 5.91 Å². The van der Waals surface area contributed by atoms with E-state index in [0.29, 0.717) is 6.42 Å². The third-order valence-electron chi connectivity index (χ3n) is 3.15. The lowest BCUT2D eigenvalue weighted by molar-refractivity contribution is -0.116. The molecule has 0 fully saturated rings. The molecular weight excluding hydrogens is 224 g/mol.